The third kappa shape index (κ3) is 2.87. The highest BCUT2D eigenvalue weighted by Crippen LogP contribution is 2.48. The van der Waals surface area contributed by atoms with Crippen molar-refractivity contribution in [2.24, 2.45) is 11.3 Å². The summed E-state index contributed by atoms with van der Waals surface area (Å²) in [5.74, 6) is 0.919. The lowest BCUT2D eigenvalue weighted by molar-refractivity contribution is 0.250. The maximum atomic E-state index is 14.1. The summed E-state index contributed by atoms with van der Waals surface area (Å²) in [5, 5.41) is 3.82. The van der Waals surface area contributed by atoms with E-state index in [-0.39, 0.29) is 16.8 Å². The zero-order valence-electron chi connectivity index (χ0n) is 12.3. The molecular formula is C17H23ClFN. The summed E-state index contributed by atoms with van der Waals surface area (Å²) in [7, 11) is 0. The van der Waals surface area contributed by atoms with Crippen molar-refractivity contribution < 1.29 is 4.39 Å². The van der Waals surface area contributed by atoms with E-state index in [0.29, 0.717) is 11.5 Å². The molecule has 1 heterocycles. The van der Waals surface area contributed by atoms with Crippen LogP contribution >= 0.6 is 11.6 Å². The van der Waals surface area contributed by atoms with E-state index in [2.05, 4.69) is 19.2 Å². The highest BCUT2D eigenvalue weighted by Gasteiger charge is 2.40. The lowest BCUT2D eigenvalue weighted by Crippen LogP contribution is -2.29. The second-order valence-corrected chi connectivity index (χ2v) is 7.56. The van der Waals surface area contributed by atoms with Crippen molar-refractivity contribution in [2.45, 2.75) is 51.5 Å². The molecule has 20 heavy (non-hydrogen) atoms. The number of hydrogen-bond donors (Lipinski definition) is 1. The Morgan fingerprint density at radius 2 is 2.10 bits per heavy atom. The third-order valence-corrected chi connectivity index (χ3v) is 5.39. The van der Waals surface area contributed by atoms with Crippen LogP contribution in [0, 0.1) is 17.2 Å². The second-order valence-electron chi connectivity index (χ2n) is 7.15. The second kappa shape index (κ2) is 5.31. The van der Waals surface area contributed by atoms with Gasteiger partial charge in [-0.25, -0.2) is 4.39 Å². The quantitative estimate of drug-likeness (QED) is 0.845. The molecule has 0 spiro atoms. The smallest absolute Gasteiger partial charge is 0.145 e. The summed E-state index contributed by atoms with van der Waals surface area (Å²) in [6.45, 7) is 5.61. The molecule has 2 fully saturated rings. The van der Waals surface area contributed by atoms with Gasteiger partial charge in [-0.15, -0.1) is 0 Å². The van der Waals surface area contributed by atoms with Crippen molar-refractivity contribution in [1.29, 1.82) is 0 Å². The maximum absolute atomic E-state index is 14.1. The molecule has 0 radical (unpaired) electrons. The lowest BCUT2D eigenvalue weighted by Gasteiger charge is -2.28. The molecule has 2 unspecified atom stereocenters. The van der Waals surface area contributed by atoms with Crippen LogP contribution in [0.15, 0.2) is 18.2 Å². The summed E-state index contributed by atoms with van der Waals surface area (Å²) in [6, 6.07) is 5.86. The summed E-state index contributed by atoms with van der Waals surface area (Å²) in [4.78, 5) is 0. The predicted octanol–water partition coefficient (Wildman–Crippen LogP) is 4.75. The molecule has 1 saturated carbocycles. The first kappa shape index (κ1) is 14.3. The van der Waals surface area contributed by atoms with Crippen LogP contribution in [0.4, 0.5) is 4.39 Å². The van der Waals surface area contributed by atoms with E-state index in [1.54, 1.807) is 6.07 Å². The molecule has 1 aromatic carbocycles. The van der Waals surface area contributed by atoms with Crippen molar-refractivity contribution in [1.82, 2.24) is 5.32 Å². The van der Waals surface area contributed by atoms with Crippen molar-refractivity contribution in [2.75, 3.05) is 6.54 Å². The largest absolute Gasteiger partial charge is 0.313 e. The standard InChI is InChI=1S/C17H23ClFN/c1-17(2,12-6-7-12)9-13-8-11(10-20-13)14-4-3-5-15(18)16(14)19/h3-5,11-13,20H,6-10H2,1-2H3. The molecule has 3 heteroatoms. The van der Waals surface area contributed by atoms with Crippen molar-refractivity contribution in [3.8, 4) is 0 Å². The van der Waals surface area contributed by atoms with E-state index in [1.807, 2.05) is 12.1 Å². The summed E-state index contributed by atoms with van der Waals surface area (Å²) < 4.78 is 14.1. The molecule has 1 nitrogen and oxygen atoms in total. The number of hydrogen-bond acceptors (Lipinski definition) is 1. The predicted molar refractivity (Wildman–Crippen MR) is 81.7 cm³/mol. The molecule has 1 aromatic rings. The minimum atomic E-state index is -0.233. The summed E-state index contributed by atoms with van der Waals surface area (Å²) >= 11 is 5.89. The van der Waals surface area contributed by atoms with E-state index >= 15 is 0 Å². The first-order valence-corrected chi connectivity index (χ1v) is 8.02. The highest BCUT2D eigenvalue weighted by molar-refractivity contribution is 6.30. The molecule has 1 aliphatic carbocycles. The van der Waals surface area contributed by atoms with Crippen LogP contribution in [-0.2, 0) is 0 Å². The number of rotatable bonds is 4. The third-order valence-electron chi connectivity index (χ3n) is 5.10. The topological polar surface area (TPSA) is 12.0 Å². The zero-order chi connectivity index (χ0) is 14.3. The van der Waals surface area contributed by atoms with E-state index in [9.17, 15) is 4.39 Å². The lowest BCUT2D eigenvalue weighted by atomic mass is 9.80. The van der Waals surface area contributed by atoms with Gasteiger partial charge in [-0.05, 0) is 48.6 Å². The van der Waals surface area contributed by atoms with Crippen molar-refractivity contribution in [3.63, 3.8) is 0 Å². The first-order chi connectivity index (χ1) is 9.47. The van der Waals surface area contributed by atoms with Gasteiger partial charge in [-0.3, -0.25) is 0 Å². The fraction of sp³-hybridized carbons (Fsp3) is 0.647. The van der Waals surface area contributed by atoms with Crippen LogP contribution in [0.2, 0.25) is 5.02 Å². The van der Waals surface area contributed by atoms with Crippen LogP contribution in [-0.4, -0.2) is 12.6 Å². The Balaban J connectivity index is 1.66. The SMILES string of the molecule is CC(C)(CC1CC(c2cccc(Cl)c2F)CN1)C1CC1. The van der Waals surface area contributed by atoms with Crippen LogP contribution in [0.1, 0.15) is 51.0 Å². The van der Waals surface area contributed by atoms with Gasteiger partial charge in [-0.2, -0.15) is 0 Å². The molecule has 3 rings (SSSR count). The maximum Gasteiger partial charge on any atom is 0.145 e. The summed E-state index contributed by atoms with van der Waals surface area (Å²) in [6.07, 6.45) is 4.97. The van der Waals surface area contributed by atoms with Gasteiger partial charge in [0.2, 0.25) is 0 Å². The van der Waals surface area contributed by atoms with Crippen LogP contribution in [0.25, 0.3) is 0 Å². The Morgan fingerprint density at radius 3 is 2.80 bits per heavy atom. The molecular weight excluding hydrogens is 273 g/mol. The average Bonchev–Trinajstić information content (AvgIpc) is 3.16. The van der Waals surface area contributed by atoms with Crippen LogP contribution in [0.5, 0.6) is 0 Å². The minimum absolute atomic E-state index is 0.233. The number of halogens is 2. The first-order valence-electron chi connectivity index (χ1n) is 7.64. The van der Waals surface area contributed by atoms with Gasteiger partial charge in [0.05, 0.1) is 5.02 Å². The van der Waals surface area contributed by atoms with Crippen molar-refractivity contribution >= 4 is 11.6 Å². The fourth-order valence-electron chi connectivity index (χ4n) is 3.71. The molecule has 0 aromatic heterocycles. The fourth-order valence-corrected chi connectivity index (χ4v) is 3.90. The Morgan fingerprint density at radius 1 is 1.35 bits per heavy atom. The van der Waals surface area contributed by atoms with Crippen molar-refractivity contribution in [3.05, 3.63) is 34.6 Å². The van der Waals surface area contributed by atoms with E-state index in [0.717, 1.165) is 24.4 Å². The van der Waals surface area contributed by atoms with Gasteiger partial charge in [-0.1, -0.05) is 37.6 Å². The van der Waals surface area contributed by atoms with E-state index in [1.165, 1.54) is 19.3 Å². The van der Waals surface area contributed by atoms with E-state index in [4.69, 9.17) is 11.6 Å². The molecule has 1 aliphatic heterocycles. The minimum Gasteiger partial charge on any atom is -0.313 e. The Hall–Kier alpha value is -0.600. The average molecular weight is 296 g/mol. The molecule has 1 saturated heterocycles. The van der Waals surface area contributed by atoms with Gasteiger partial charge in [0.25, 0.3) is 0 Å². The van der Waals surface area contributed by atoms with E-state index < -0.39 is 0 Å². The Labute approximate surface area is 125 Å². The number of nitrogens with one attached hydrogen (secondary N) is 1. The van der Waals surface area contributed by atoms with Gasteiger partial charge in [0.15, 0.2) is 0 Å². The molecule has 1 N–H and O–H groups in total. The van der Waals surface area contributed by atoms with Crippen LogP contribution in [0.3, 0.4) is 0 Å². The Kier molecular flexibility index (Phi) is 3.81. The van der Waals surface area contributed by atoms with Gasteiger partial charge >= 0.3 is 0 Å². The molecule has 110 valence electrons. The normalized spacial score (nSPS) is 27.0. The van der Waals surface area contributed by atoms with Gasteiger partial charge in [0.1, 0.15) is 5.82 Å². The molecule has 2 aliphatic rings. The summed E-state index contributed by atoms with van der Waals surface area (Å²) in [5.41, 5.74) is 1.19. The van der Waals surface area contributed by atoms with Gasteiger partial charge in [0, 0.05) is 18.5 Å². The highest BCUT2D eigenvalue weighted by atomic mass is 35.5. The molecule has 2 atom stereocenters. The van der Waals surface area contributed by atoms with Gasteiger partial charge < -0.3 is 5.32 Å². The monoisotopic (exact) mass is 295 g/mol. The van der Waals surface area contributed by atoms with Crippen LogP contribution < -0.4 is 5.32 Å². The number of benzene rings is 1. The molecule has 0 bridgehead atoms. The zero-order valence-corrected chi connectivity index (χ0v) is 13.0. The Bertz CT molecular complexity index is 496. The molecule has 0 amide bonds.